The topological polar surface area (TPSA) is 3.24 Å². The van der Waals surface area contributed by atoms with Crippen LogP contribution in [0.15, 0.2) is 97.1 Å². The van der Waals surface area contributed by atoms with Crippen LogP contribution in [0.1, 0.15) is 45.7 Å². The fraction of sp³-hybridized carbons (Fsp3) is 0.226. The minimum absolute atomic E-state index is 0.00949. The molecule has 160 valence electrons. The van der Waals surface area contributed by atoms with E-state index in [0.29, 0.717) is 0 Å². The van der Waals surface area contributed by atoms with Gasteiger partial charge in [-0.3, -0.25) is 0 Å². The smallest absolute Gasteiger partial charge is 0.0498 e. The highest BCUT2D eigenvalue weighted by atomic mass is 15.2. The minimum Gasteiger partial charge on any atom is -0.335 e. The average Bonchev–Trinajstić information content (AvgIpc) is 3.02. The van der Waals surface area contributed by atoms with Crippen molar-refractivity contribution in [2.24, 2.45) is 0 Å². The summed E-state index contributed by atoms with van der Waals surface area (Å²) in [7, 11) is 0. The molecule has 0 spiro atoms. The maximum atomic E-state index is 2.53. The number of benzene rings is 4. The molecule has 1 nitrogen and oxygen atoms in total. The van der Waals surface area contributed by atoms with Gasteiger partial charge in [0.05, 0.1) is 0 Å². The summed E-state index contributed by atoms with van der Waals surface area (Å²) in [5.41, 5.74) is 10.4. The zero-order chi connectivity index (χ0) is 22.5. The molecule has 0 aromatic heterocycles. The molecule has 0 atom stereocenters. The molecular weight excluding hydrogens is 386 g/mol. The first-order chi connectivity index (χ1) is 15.3. The molecule has 1 heteroatoms. The highest BCUT2D eigenvalue weighted by molar-refractivity contribution is 5.94. The van der Waals surface area contributed by atoms with E-state index in [1.165, 1.54) is 44.8 Å². The molecule has 0 saturated heterocycles. The van der Waals surface area contributed by atoms with Crippen LogP contribution >= 0.6 is 0 Å². The number of para-hydroxylation sites is 1. The SMILES string of the molecule is CC1(C)c2ccccc2-c2c(N(c3ccccc3-c3ccccc3)C(C)(C)C)cccc21. The minimum atomic E-state index is -0.109. The molecule has 0 aliphatic heterocycles. The van der Waals surface area contributed by atoms with Crippen LogP contribution in [0.4, 0.5) is 11.4 Å². The number of nitrogens with zero attached hydrogens (tertiary/aromatic N) is 1. The zero-order valence-electron chi connectivity index (χ0n) is 19.7. The number of fused-ring (bicyclic) bond motifs is 3. The number of hydrogen-bond donors (Lipinski definition) is 0. The molecule has 1 aliphatic carbocycles. The third kappa shape index (κ3) is 3.15. The molecule has 0 N–H and O–H groups in total. The van der Waals surface area contributed by atoms with Gasteiger partial charge in [-0.05, 0) is 55.2 Å². The Morgan fingerprint density at radius 3 is 1.84 bits per heavy atom. The van der Waals surface area contributed by atoms with Crippen LogP contribution in [0.25, 0.3) is 22.3 Å². The summed E-state index contributed by atoms with van der Waals surface area (Å²) in [5, 5.41) is 0. The molecule has 32 heavy (non-hydrogen) atoms. The largest absolute Gasteiger partial charge is 0.335 e. The van der Waals surface area contributed by atoms with Crippen LogP contribution < -0.4 is 4.90 Å². The average molecular weight is 418 g/mol. The molecule has 0 fully saturated rings. The Kier molecular flexibility index (Phi) is 4.74. The van der Waals surface area contributed by atoms with E-state index in [1.807, 2.05) is 0 Å². The van der Waals surface area contributed by atoms with Crippen molar-refractivity contribution >= 4 is 11.4 Å². The van der Waals surface area contributed by atoms with Gasteiger partial charge in [-0.1, -0.05) is 98.8 Å². The van der Waals surface area contributed by atoms with Gasteiger partial charge in [0.25, 0.3) is 0 Å². The lowest BCUT2D eigenvalue weighted by Crippen LogP contribution is -2.38. The Balaban J connectivity index is 1.80. The molecule has 0 amide bonds. The van der Waals surface area contributed by atoms with Gasteiger partial charge in [-0.2, -0.15) is 0 Å². The summed E-state index contributed by atoms with van der Waals surface area (Å²) in [5.74, 6) is 0. The summed E-state index contributed by atoms with van der Waals surface area (Å²) in [6.45, 7) is 11.6. The van der Waals surface area contributed by atoms with E-state index in [4.69, 9.17) is 0 Å². The van der Waals surface area contributed by atoms with Gasteiger partial charge in [0.15, 0.2) is 0 Å². The molecule has 4 aromatic rings. The lowest BCUT2D eigenvalue weighted by Gasteiger charge is -2.40. The van der Waals surface area contributed by atoms with Crippen molar-refractivity contribution in [1.82, 2.24) is 0 Å². The van der Waals surface area contributed by atoms with E-state index < -0.39 is 0 Å². The van der Waals surface area contributed by atoms with Crippen LogP contribution in [0.5, 0.6) is 0 Å². The van der Waals surface area contributed by atoms with Crippen LogP contribution in [-0.2, 0) is 5.41 Å². The highest BCUT2D eigenvalue weighted by Gasteiger charge is 2.39. The van der Waals surface area contributed by atoms with Crippen LogP contribution in [0.2, 0.25) is 0 Å². The maximum Gasteiger partial charge on any atom is 0.0498 e. The molecule has 1 aliphatic rings. The fourth-order valence-electron chi connectivity index (χ4n) is 5.30. The first-order valence-electron chi connectivity index (χ1n) is 11.5. The summed E-state index contributed by atoms with van der Waals surface area (Å²) < 4.78 is 0. The second-order valence-corrected chi connectivity index (χ2v) is 10.3. The van der Waals surface area contributed by atoms with E-state index in [1.54, 1.807) is 0 Å². The normalized spacial score (nSPS) is 14.0. The lowest BCUT2D eigenvalue weighted by atomic mass is 9.82. The van der Waals surface area contributed by atoms with Crippen molar-refractivity contribution in [2.45, 2.75) is 45.6 Å². The van der Waals surface area contributed by atoms with E-state index >= 15 is 0 Å². The third-order valence-electron chi connectivity index (χ3n) is 6.73. The van der Waals surface area contributed by atoms with Gasteiger partial charge in [-0.15, -0.1) is 0 Å². The van der Waals surface area contributed by atoms with Gasteiger partial charge in [0.2, 0.25) is 0 Å². The summed E-state index contributed by atoms with van der Waals surface area (Å²) in [4.78, 5) is 2.53. The standard InChI is InChI=1S/C31H31N/c1-30(2,3)32(27-20-12-10-16-23(27)22-14-7-6-8-15-22)28-21-13-19-26-29(28)24-17-9-11-18-25(24)31(26,4)5/h6-21H,1-5H3. The first kappa shape index (κ1) is 20.6. The van der Waals surface area contributed by atoms with Crippen LogP contribution in [0.3, 0.4) is 0 Å². The van der Waals surface area contributed by atoms with Crippen LogP contribution in [0, 0.1) is 0 Å². The number of anilines is 2. The van der Waals surface area contributed by atoms with E-state index in [0.717, 1.165) is 0 Å². The van der Waals surface area contributed by atoms with Gasteiger partial charge in [0, 0.05) is 33.5 Å². The zero-order valence-corrected chi connectivity index (χ0v) is 19.7. The molecule has 0 unspecified atom stereocenters. The lowest BCUT2D eigenvalue weighted by molar-refractivity contribution is 0.560. The molecule has 5 rings (SSSR count). The molecule has 0 saturated carbocycles. The molecular formula is C31H31N. The van der Waals surface area contributed by atoms with Crippen molar-refractivity contribution in [3.8, 4) is 22.3 Å². The van der Waals surface area contributed by atoms with Crippen molar-refractivity contribution in [1.29, 1.82) is 0 Å². The second kappa shape index (κ2) is 7.38. The van der Waals surface area contributed by atoms with Crippen molar-refractivity contribution in [3.05, 3.63) is 108 Å². The summed E-state index contributed by atoms with van der Waals surface area (Å²) in [6, 6.07) is 35.3. The van der Waals surface area contributed by atoms with E-state index in [9.17, 15) is 0 Å². The highest BCUT2D eigenvalue weighted by Crippen LogP contribution is 2.54. The Labute approximate surface area is 192 Å². The summed E-state index contributed by atoms with van der Waals surface area (Å²) >= 11 is 0. The van der Waals surface area contributed by atoms with Crippen molar-refractivity contribution in [3.63, 3.8) is 0 Å². The predicted molar refractivity (Wildman–Crippen MR) is 138 cm³/mol. The van der Waals surface area contributed by atoms with Gasteiger partial charge in [-0.25, -0.2) is 0 Å². The van der Waals surface area contributed by atoms with Gasteiger partial charge in [0.1, 0.15) is 0 Å². The predicted octanol–water partition coefficient (Wildman–Crippen LogP) is 8.60. The molecule has 0 heterocycles. The Morgan fingerprint density at radius 1 is 0.562 bits per heavy atom. The molecule has 0 radical (unpaired) electrons. The Hall–Kier alpha value is -3.32. The summed E-state index contributed by atoms with van der Waals surface area (Å²) in [6.07, 6.45) is 0. The second-order valence-electron chi connectivity index (χ2n) is 10.3. The van der Waals surface area contributed by atoms with E-state index in [-0.39, 0.29) is 11.0 Å². The van der Waals surface area contributed by atoms with Gasteiger partial charge >= 0.3 is 0 Å². The van der Waals surface area contributed by atoms with E-state index in [2.05, 4.69) is 137 Å². The third-order valence-corrected chi connectivity index (χ3v) is 6.73. The van der Waals surface area contributed by atoms with Crippen LogP contribution in [-0.4, -0.2) is 5.54 Å². The fourth-order valence-corrected chi connectivity index (χ4v) is 5.30. The first-order valence-corrected chi connectivity index (χ1v) is 11.5. The number of hydrogen-bond acceptors (Lipinski definition) is 1. The molecule has 0 bridgehead atoms. The Bertz CT molecular complexity index is 1280. The number of rotatable bonds is 3. The monoisotopic (exact) mass is 417 g/mol. The van der Waals surface area contributed by atoms with Crippen molar-refractivity contribution in [2.75, 3.05) is 4.90 Å². The maximum absolute atomic E-state index is 2.53. The quantitative estimate of drug-likeness (QED) is 0.322. The van der Waals surface area contributed by atoms with Crippen molar-refractivity contribution < 1.29 is 0 Å². The Morgan fingerprint density at radius 2 is 1.12 bits per heavy atom. The van der Waals surface area contributed by atoms with Gasteiger partial charge < -0.3 is 4.90 Å². The molecule has 4 aromatic carbocycles.